The molecule has 6 nitrogen and oxygen atoms in total. The van der Waals surface area contributed by atoms with Crippen LogP contribution in [0.15, 0.2) is 46.0 Å². The molecule has 1 aromatic carbocycles. The van der Waals surface area contributed by atoms with Crippen molar-refractivity contribution in [2.45, 2.75) is 11.4 Å². The molecular weight excluding hydrogens is 252 g/mol. The number of sulfonamides is 1. The average molecular weight is 262 g/mol. The molecule has 0 saturated heterocycles. The number of rotatable bonds is 1. The maximum atomic E-state index is 11.9. The number of fused-ring (bicyclic) bond motifs is 1. The van der Waals surface area contributed by atoms with Crippen LogP contribution in [0.25, 0.3) is 0 Å². The van der Waals surface area contributed by atoms with E-state index >= 15 is 0 Å². The van der Waals surface area contributed by atoms with Gasteiger partial charge in [0.25, 0.3) is 10.0 Å². The number of imidazole rings is 1. The first-order valence-electron chi connectivity index (χ1n) is 5.30. The van der Waals surface area contributed by atoms with E-state index in [1.54, 1.807) is 41.2 Å². The van der Waals surface area contributed by atoms with Crippen molar-refractivity contribution in [2.75, 3.05) is 0 Å². The first-order chi connectivity index (χ1) is 8.63. The highest BCUT2D eigenvalue weighted by Gasteiger charge is 2.29. The van der Waals surface area contributed by atoms with Crippen LogP contribution in [0.3, 0.4) is 0 Å². The molecule has 0 spiro atoms. The largest absolute Gasteiger partial charge is 0.324 e. The highest BCUT2D eigenvalue weighted by atomic mass is 32.2. The monoisotopic (exact) mass is 262 g/mol. The zero-order chi connectivity index (χ0) is 12.8. The van der Waals surface area contributed by atoms with E-state index in [1.165, 1.54) is 0 Å². The van der Waals surface area contributed by atoms with Gasteiger partial charge in [0.15, 0.2) is 5.84 Å². The fraction of sp³-hybridized carbons (Fsp3) is 0.0909. The van der Waals surface area contributed by atoms with Crippen molar-refractivity contribution in [1.82, 2.24) is 9.55 Å². The number of nitrogens with zero attached hydrogens (tertiary/aromatic N) is 3. The predicted octanol–water partition coefficient (Wildman–Crippen LogP) is 0.339. The Morgan fingerprint density at radius 2 is 2.06 bits per heavy atom. The lowest BCUT2D eigenvalue weighted by Gasteiger charge is -2.05. The lowest BCUT2D eigenvalue weighted by molar-refractivity contribution is 0.599. The van der Waals surface area contributed by atoms with Crippen LogP contribution in [0.4, 0.5) is 0 Å². The molecule has 0 fully saturated rings. The summed E-state index contributed by atoms with van der Waals surface area (Å²) in [6.45, 7) is 0.217. The molecule has 0 aliphatic carbocycles. The summed E-state index contributed by atoms with van der Waals surface area (Å²) in [6.07, 6.45) is 3.22. The van der Waals surface area contributed by atoms with Gasteiger partial charge in [0.05, 0.1) is 6.54 Å². The van der Waals surface area contributed by atoms with Gasteiger partial charge in [-0.1, -0.05) is 12.1 Å². The smallest absolute Gasteiger partial charge is 0.285 e. The van der Waals surface area contributed by atoms with Crippen LogP contribution in [0.1, 0.15) is 11.4 Å². The first-order valence-corrected chi connectivity index (χ1v) is 6.74. The number of hydrogen-bond donors (Lipinski definition) is 1. The Morgan fingerprint density at radius 3 is 2.83 bits per heavy atom. The Balaban J connectivity index is 2.27. The fourth-order valence-corrected chi connectivity index (χ4v) is 3.14. The molecule has 0 unspecified atom stereocenters. The summed E-state index contributed by atoms with van der Waals surface area (Å²) in [7, 11) is -3.61. The number of nitrogens with two attached hydrogens (primary N) is 1. The summed E-state index contributed by atoms with van der Waals surface area (Å²) in [4.78, 5) is 4.28. The molecule has 0 bridgehead atoms. The van der Waals surface area contributed by atoms with Crippen molar-refractivity contribution >= 4 is 15.9 Å². The van der Waals surface area contributed by atoms with Crippen molar-refractivity contribution in [3.05, 3.63) is 48.0 Å². The molecule has 2 heterocycles. The quantitative estimate of drug-likeness (QED) is 0.802. The Morgan fingerprint density at radius 1 is 1.28 bits per heavy atom. The van der Waals surface area contributed by atoms with Crippen LogP contribution in [0.2, 0.25) is 0 Å². The van der Waals surface area contributed by atoms with Gasteiger partial charge in [-0.25, -0.2) is 4.98 Å². The Labute approximate surface area is 104 Å². The van der Waals surface area contributed by atoms with Crippen molar-refractivity contribution in [1.29, 1.82) is 0 Å². The van der Waals surface area contributed by atoms with E-state index in [0.29, 0.717) is 17.2 Å². The molecule has 0 saturated carbocycles. The number of benzene rings is 1. The van der Waals surface area contributed by atoms with E-state index in [1.807, 2.05) is 0 Å². The molecule has 2 aromatic rings. The average Bonchev–Trinajstić information content (AvgIpc) is 2.92. The molecule has 0 atom stereocenters. The minimum atomic E-state index is -3.61. The first kappa shape index (κ1) is 11.1. The van der Waals surface area contributed by atoms with E-state index in [9.17, 15) is 8.42 Å². The zero-order valence-corrected chi connectivity index (χ0v) is 10.1. The highest BCUT2D eigenvalue weighted by Crippen LogP contribution is 2.26. The van der Waals surface area contributed by atoms with Gasteiger partial charge in [-0.3, -0.25) is 4.57 Å². The molecule has 0 amide bonds. The van der Waals surface area contributed by atoms with E-state index in [0.717, 1.165) is 0 Å². The van der Waals surface area contributed by atoms with E-state index in [-0.39, 0.29) is 11.4 Å². The van der Waals surface area contributed by atoms with Crippen LogP contribution < -0.4 is 5.73 Å². The maximum Gasteiger partial charge on any atom is 0.285 e. The molecule has 92 valence electrons. The molecule has 1 aliphatic heterocycles. The summed E-state index contributed by atoms with van der Waals surface area (Å²) in [5.41, 5.74) is 6.14. The molecule has 1 aromatic heterocycles. The minimum Gasteiger partial charge on any atom is -0.324 e. The summed E-state index contributed by atoms with van der Waals surface area (Å²) >= 11 is 0. The van der Waals surface area contributed by atoms with E-state index in [4.69, 9.17) is 5.73 Å². The van der Waals surface area contributed by atoms with Gasteiger partial charge in [0.1, 0.15) is 10.7 Å². The van der Waals surface area contributed by atoms with Gasteiger partial charge in [0, 0.05) is 18.0 Å². The van der Waals surface area contributed by atoms with E-state index < -0.39 is 10.0 Å². The van der Waals surface area contributed by atoms with Crippen LogP contribution in [-0.4, -0.2) is 23.8 Å². The fourth-order valence-electron chi connectivity index (χ4n) is 1.94. The summed E-state index contributed by atoms with van der Waals surface area (Å²) in [6, 6.07) is 6.71. The second-order valence-electron chi connectivity index (χ2n) is 3.80. The van der Waals surface area contributed by atoms with Crippen LogP contribution >= 0.6 is 0 Å². The molecule has 3 rings (SSSR count). The third kappa shape index (κ3) is 1.48. The third-order valence-electron chi connectivity index (χ3n) is 2.74. The van der Waals surface area contributed by atoms with Crippen molar-refractivity contribution < 1.29 is 8.42 Å². The maximum absolute atomic E-state index is 11.9. The van der Waals surface area contributed by atoms with Crippen molar-refractivity contribution in [3.8, 4) is 0 Å². The van der Waals surface area contributed by atoms with Crippen LogP contribution in [0.5, 0.6) is 0 Å². The Bertz CT molecular complexity index is 746. The Hall–Kier alpha value is -1.99. The predicted molar refractivity (Wildman–Crippen MR) is 65.7 cm³/mol. The molecule has 1 aliphatic rings. The molecular formula is C11H10N4O2S. The molecule has 2 N–H and O–H groups in total. The topological polar surface area (TPSA) is 90.3 Å². The van der Waals surface area contributed by atoms with Crippen LogP contribution in [0, 0.1) is 0 Å². The van der Waals surface area contributed by atoms with Crippen molar-refractivity contribution in [3.63, 3.8) is 0 Å². The van der Waals surface area contributed by atoms with E-state index in [2.05, 4.69) is 9.38 Å². The summed E-state index contributed by atoms with van der Waals surface area (Å²) in [5.74, 6) is 0.921. The third-order valence-corrected chi connectivity index (χ3v) is 4.07. The SMILES string of the molecule is NCc1nccn1C1=NS(=O)(=O)c2ccccc21. The summed E-state index contributed by atoms with van der Waals surface area (Å²) in [5, 5.41) is 0. The second-order valence-corrected chi connectivity index (χ2v) is 5.38. The standard InChI is InChI=1S/C11H10N4O2S/c12-7-10-13-5-6-15(10)11-8-3-1-2-4-9(8)18(16,17)14-11/h1-6H,7,12H2. The highest BCUT2D eigenvalue weighted by molar-refractivity contribution is 7.90. The minimum absolute atomic E-state index is 0.217. The molecule has 18 heavy (non-hydrogen) atoms. The number of hydrogen-bond acceptors (Lipinski definition) is 4. The number of aromatic nitrogens is 2. The van der Waals surface area contributed by atoms with Gasteiger partial charge in [-0.15, -0.1) is 4.40 Å². The summed E-state index contributed by atoms with van der Waals surface area (Å²) < 4.78 is 29.2. The van der Waals surface area contributed by atoms with Crippen molar-refractivity contribution in [2.24, 2.45) is 10.1 Å². The van der Waals surface area contributed by atoms with Gasteiger partial charge in [-0.2, -0.15) is 8.42 Å². The zero-order valence-electron chi connectivity index (χ0n) is 9.31. The lowest BCUT2D eigenvalue weighted by atomic mass is 10.2. The lowest BCUT2D eigenvalue weighted by Crippen LogP contribution is -2.16. The normalized spacial score (nSPS) is 16.4. The second kappa shape index (κ2) is 3.76. The Kier molecular flexibility index (Phi) is 2.32. The molecule has 0 radical (unpaired) electrons. The van der Waals surface area contributed by atoms with Gasteiger partial charge < -0.3 is 5.73 Å². The van der Waals surface area contributed by atoms with Gasteiger partial charge in [0.2, 0.25) is 0 Å². The van der Waals surface area contributed by atoms with Crippen LogP contribution in [-0.2, 0) is 16.6 Å². The van der Waals surface area contributed by atoms with Gasteiger partial charge in [-0.05, 0) is 12.1 Å². The molecule has 7 heteroatoms. The van der Waals surface area contributed by atoms with Gasteiger partial charge >= 0.3 is 0 Å².